The Labute approximate surface area is 103 Å². The van der Waals surface area contributed by atoms with Crippen molar-refractivity contribution in [2.75, 3.05) is 0 Å². The van der Waals surface area contributed by atoms with Crippen molar-refractivity contribution in [3.05, 3.63) is 35.4 Å². The lowest BCUT2D eigenvalue weighted by Crippen LogP contribution is -2.42. The fourth-order valence-electron chi connectivity index (χ4n) is 3.46. The van der Waals surface area contributed by atoms with E-state index in [0.717, 1.165) is 18.8 Å². The normalized spacial score (nSPS) is 32.2. The second-order valence-corrected chi connectivity index (χ2v) is 5.34. The van der Waals surface area contributed by atoms with Crippen LogP contribution in [0.4, 0.5) is 0 Å². The Morgan fingerprint density at radius 1 is 1.35 bits per heavy atom. The molecule has 0 saturated heterocycles. The SMILES string of the molecule is CCC(O)OC12CCC(CC1)c1ccccc12. The molecule has 1 aromatic carbocycles. The van der Waals surface area contributed by atoms with Gasteiger partial charge in [0.15, 0.2) is 6.29 Å². The highest BCUT2D eigenvalue weighted by Gasteiger charge is 2.46. The highest BCUT2D eigenvalue weighted by atomic mass is 16.6. The number of aliphatic hydroxyl groups excluding tert-OH is 1. The standard InChI is InChI=1S/C15H20O2/c1-2-14(16)17-15-9-7-11(8-10-15)12-5-3-4-6-13(12)15/h3-6,11,14,16H,2,7-10H2,1H3. The molecule has 1 N–H and O–H groups in total. The number of fused-ring (bicyclic) bond motifs is 2. The van der Waals surface area contributed by atoms with Crippen molar-refractivity contribution in [1.29, 1.82) is 0 Å². The molecule has 3 aliphatic carbocycles. The maximum Gasteiger partial charge on any atom is 0.155 e. The van der Waals surface area contributed by atoms with Gasteiger partial charge >= 0.3 is 0 Å². The third-order valence-electron chi connectivity index (χ3n) is 4.40. The third kappa shape index (κ3) is 1.71. The van der Waals surface area contributed by atoms with E-state index in [1.807, 2.05) is 6.92 Å². The molecule has 2 heteroatoms. The first kappa shape index (κ1) is 11.2. The van der Waals surface area contributed by atoms with Gasteiger partial charge in [-0.25, -0.2) is 0 Å². The zero-order valence-electron chi connectivity index (χ0n) is 10.4. The Bertz CT molecular complexity index is 405. The summed E-state index contributed by atoms with van der Waals surface area (Å²) in [4.78, 5) is 0. The summed E-state index contributed by atoms with van der Waals surface area (Å²) in [7, 11) is 0. The number of hydrogen-bond donors (Lipinski definition) is 1. The summed E-state index contributed by atoms with van der Waals surface area (Å²) in [6.07, 6.45) is 4.56. The molecule has 0 radical (unpaired) electrons. The molecule has 1 saturated carbocycles. The maximum atomic E-state index is 9.83. The van der Waals surface area contributed by atoms with Gasteiger partial charge in [0, 0.05) is 0 Å². The van der Waals surface area contributed by atoms with Gasteiger partial charge in [-0.1, -0.05) is 31.2 Å². The van der Waals surface area contributed by atoms with Gasteiger partial charge < -0.3 is 9.84 Å². The first-order valence-corrected chi connectivity index (χ1v) is 6.70. The fourth-order valence-corrected chi connectivity index (χ4v) is 3.46. The summed E-state index contributed by atoms with van der Waals surface area (Å²) in [6.45, 7) is 1.96. The van der Waals surface area contributed by atoms with Crippen molar-refractivity contribution in [2.24, 2.45) is 0 Å². The predicted octanol–water partition coefficient (Wildman–Crippen LogP) is 3.30. The Morgan fingerprint density at radius 2 is 2.06 bits per heavy atom. The van der Waals surface area contributed by atoms with Crippen molar-refractivity contribution in [3.63, 3.8) is 0 Å². The Kier molecular flexibility index (Phi) is 2.72. The van der Waals surface area contributed by atoms with Gasteiger partial charge in [-0.2, -0.15) is 0 Å². The van der Waals surface area contributed by atoms with Crippen LogP contribution < -0.4 is 0 Å². The van der Waals surface area contributed by atoms with E-state index in [9.17, 15) is 5.11 Å². The van der Waals surface area contributed by atoms with E-state index < -0.39 is 6.29 Å². The van der Waals surface area contributed by atoms with Crippen LogP contribution in [0.1, 0.15) is 56.1 Å². The van der Waals surface area contributed by atoms with Crippen LogP contribution in [0.3, 0.4) is 0 Å². The zero-order chi connectivity index (χ0) is 11.9. The van der Waals surface area contributed by atoms with Gasteiger partial charge in [0.25, 0.3) is 0 Å². The van der Waals surface area contributed by atoms with Crippen LogP contribution in [0.5, 0.6) is 0 Å². The second-order valence-electron chi connectivity index (χ2n) is 5.34. The minimum Gasteiger partial charge on any atom is -0.368 e. The number of hydrogen-bond acceptors (Lipinski definition) is 2. The summed E-state index contributed by atoms with van der Waals surface area (Å²) >= 11 is 0. The first-order valence-electron chi connectivity index (χ1n) is 6.70. The Balaban J connectivity index is 2.00. The quantitative estimate of drug-likeness (QED) is 0.810. The molecule has 0 amide bonds. The largest absolute Gasteiger partial charge is 0.368 e. The average molecular weight is 232 g/mol. The van der Waals surface area contributed by atoms with Crippen LogP contribution in [0.25, 0.3) is 0 Å². The van der Waals surface area contributed by atoms with E-state index >= 15 is 0 Å². The van der Waals surface area contributed by atoms with Crippen LogP contribution in [-0.4, -0.2) is 11.4 Å². The summed E-state index contributed by atoms with van der Waals surface area (Å²) in [5, 5.41) is 9.83. The molecule has 0 heterocycles. The van der Waals surface area contributed by atoms with Gasteiger partial charge in [0.1, 0.15) is 0 Å². The molecule has 0 aliphatic heterocycles. The van der Waals surface area contributed by atoms with Crippen LogP contribution in [0, 0.1) is 0 Å². The molecule has 2 bridgehead atoms. The average Bonchev–Trinajstić information content (AvgIpc) is 2.40. The van der Waals surface area contributed by atoms with Gasteiger partial charge in [0.05, 0.1) is 5.60 Å². The molecule has 2 nitrogen and oxygen atoms in total. The van der Waals surface area contributed by atoms with E-state index in [0.29, 0.717) is 6.42 Å². The van der Waals surface area contributed by atoms with Crippen molar-refractivity contribution in [1.82, 2.24) is 0 Å². The molecule has 0 spiro atoms. The second kappa shape index (κ2) is 4.11. The summed E-state index contributed by atoms with van der Waals surface area (Å²) in [5.41, 5.74) is 2.57. The van der Waals surface area contributed by atoms with E-state index in [4.69, 9.17) is 4.74 Å². The minimum absolute atomic E-state index is 0.208. The third-order valence-corrected chi connectivity index (χ3v) is 4.40. The van der Waals surface area contributed by atoms with Crippen molar-refractivity contribution >= 4 is 0 Å². The molecule has 3 aliphatic rings. The monoisotopic (exact) mass is 232 g/mol. The lowest BCUT2D eigenvalue weighted by atomic mass is 9.64. The number of ether oxygens (including phenoxy) is 1. The highest BCUT2D eigenvalue weighted by molar-refractivity contribution is 5.40. The van der Waals surface area contributed by atoms with Crippen molar-refractivity contribution in [2.45, 2.75) is 56.8 Å². The summed E-state index contributed by atoms with van der Waals surface area (Å²) in [6, 6.07) is 8.62. The molecule has 1 atom stereocenters. The summed E-state index contributed by atoms with van der Waals surface area (Å²) in [5.74, 6) is 0.718. The van der Waals surface area contributed by atoms with Gasteiger partial charge in [-0.15, -0.1) is 0 Å². The molecule has 1 aromatic rings. The molecule has 92 valence electrons. The van der Waals surface area contributed by atoms with E-state index in [1.54, 1.807) is 0 Å². The highest BCUT2D eigenvalue weighted by Crippen LogP contribution is 2.54. The lowest BCUT2D eigenvalue weighted by Gasteiger charge is -2.48. The molecule has 1 unspecified atom stereocenters. The molecule has 17 heavy (non-hydrogen) atoms. The lowest BCUT2D eigenvalue weighted by molar-refractivity contribution is -0.208. The molecular weight excluding hydrogens is 212 g/mol. The zero-order valence-corrected chi connectivity index (χ0v) is 10.4. The minimum atomic E-state index is -0.627. The van der Waals surface area contributed by atoms with Crippen LogP contribution in [0.2, 0.25) is 0 Å². The smallest absolute Gasteiger partial charge is 0.155 e. The molecule has 4 rings (SSSR count). The Morgan fingerprint density at radius 3 is 2.76 bits per heavy atom. The topological polar surface area (TPSA) is 29.5 Å². The van der Waals surface area contributed by atoms with Gasteiger partial charge in [0.2, 0.25) is 0 Å². The fraction of sp³-hybridized carbons (Fsp3) is 0.600. The van der Waals surface area contributed by atoms with Crippen LogP contribution in [0.15, 0.2) is 24.3 Å². The van der Waals surface area contributed by atoms with Crippen LogP contribution >= 0.6 is 0 Å². The van der Waals surface area contributed by atoms with Crippen LogP contribution in [-0.2, 0) is 10.3 Å². The number of rotatable bonds is 3. The van der Waals surface area contributed by atoms with Crippen molar-refractivity contribution in [3.8, 4) is 0 Å². The van der Waals surface area contributed by atoms with Gasteiger partial charge in [-0.3, -0.25) is 0 Å². The summed E-state index contributed by atoms with van der Waals surface area (Å²) < 4.78 is 6.00. The van der Waals surface area contributed by atoms with Gasteiger partial charge in [-0.05, 0) is 49.1 Å². The number of benzene rings is 1. The molecule has 1 fully saturated rings. The molecular formula is C15H20O2. The first-order chi connectivity index (χ1) is 8.25. The van der Waals surface area contributed by atoms with E-state index in [1.165, 1.54) is 24.0 Å². The van der Waals surface area contributed by atoms with E-state index in [2.05, 4.69) is 24.3 Å². The number of aliphatic hydroxyl groups is 1. The van der Waals surface area contributed by atoms with E-state index in [-0.39, 0.29) is 5.60 Å². The Hall–Kier alpha value is -0.860. The maximum absolute atomic E-state index is 9.83. The predicted molar refractivity (Wildman–Crippen MR) is 66.7 cm³/mol. The molecule has 0 aromatic heterocycles. The van der Waals surface area contributed by atoms with Crippen molar-refractivity contribution < 1.29 is 9.84 Å².